The number of anilines is 1. The Hall–Kier alpha value is -3.93. The third-order valence-corrected chi connectivity index (χ3v) is 6.86. The van der Waals surface area contributed by atoms with Gasteiger partial charge in [0.2, 0.25) is 0 Å². The van der Waals surface area contributed by atoms with E-state index < -0.39 is 4.92 Å². The molecule has 0 amide bonds. The minimum absolute atomic E-state index is 0.0553. The second kappa shape index (κ2) is 11.6. The van der Waals surface area contributed by atoms with Gasteiger partial charge in [-0.15, -0.1) is 23.2 Å². The van der Waals surface area contributed by atoms with E-state index in [0.29, 0.717) is 11.8 Å². The summed E-state index contributed by atoms with van der Waals surface area (Å²) in [4.78, 5) is 17.8. The number of nitrogens with zero attached hydrogens (tertiary/aromatic N) is 3. The lowest BCUT2D eigenvalue weighted by atomic mass is 9.98. The molecule has 0 N–H and O–H groups in total. The van der Waals surface area contributed by atoms with E-state index in [1.807, 2.05) is 24.3 Å². The second-order valence-electron chi connectivity index (χ2n) is 8.87. The van der Waals surface area contributed by atoms with Crippen molar-refractivity contribution in [2.24, 2.45) is 0 Å². The molecule has 0 aliphatic rings. The van der Waals surface area contributed by atoms with Crippen molar-refractivity contribution in [1.82, 2.24) is 4.98 Å². The van der Waals surface area contributed by atoms with Crippen LogP contribution in [0.3, 0.4) is 0 Å². The molecule has 190 valence electrons. The number of benzene rings is 4. The van der Waals surface area contributed by atoms with Crippen molar-refractivity contribution >= 4 is 68.4 Å². The number of halogens is 2. The number of aromatic nitrogens is 1. The molecule has 0 aliphatic heterocycles. The van der Waals surface area contributed by atoms with Gasteiger partial charge in [0.15, 0.2) is 0 Å². The third-order valence-electron chi connectivity index (χ3n) is 6.53. The van der Waals surface area contributed by atoms with Crippen molar-refractivity contribution in [1.29, 1.82) is 0 Å². The van der Waals surface area contributed by atoms with Gasteiger partial charge in [0.05, 0.1) is 16.1 Å². The Morgan fingerprint density at radius 2 is 1.55 bits per heavy atom. The molecule has 0 saturated heterocycles. The predicted octanol–water partition coefficient (Wildman–Crippen LogP) is 8.42. The Bertz CT molecular complexity index is 1610. The molecule has 0 fully saturated rings. The highest BCUT2D eigenvalue weighted by Gasteiger charge is 2.12. The Morgan fingerprint density at radius 1 is 0.842 bits per heavy atom. The van der Waals surface area contributed by atoms with Gasteiger partial charge < -0.3 is 4.90 Å². The second-order valence-corrected chi connectivity index (χ2v) is 9.63. The van der Waals surface area contributed by atoms with Crippen molar-refractivity contribution in [3.8, 4) is 11.3 Å². The molecule has 1 aromatic heterocycles. The van der Waals surface area contributed by atoms with E-state index in [0.717, 1.165) is 62.8 Å². The molecule has 38 heavy (non-hydrogen) atoms. The minimum Gasteiger partial charge on any atom is -0.369 e. The van der Waals surface area contributed by atoms with E-state index in [1.54, 1.807) is 12.1 Å². The number of pyridine rings is 1. The molecule has 0 atom stereocenters. The van der Waals surface area contributed by atoms with Crippen LogP contribution in [0.2, 0.25) is 0 Å². The lowest BCUT2D eigenvalue weighted by molar-refractivity contribution is -0.384. The van der Waals surface area contributed by atoms with E-state index in [2.05, 4.69) is 59.5 Å². The lowest BCUT2D eigenvalue weighted by Gasteiger charge is -2.22. The van der Waals surface area contributed by atoms with Crippen LogP contribution in [0.1, 0.15) is 11.1 Å². The maximum atomic E-state index is 11.1. The van der Waals surface area contributed by atoms with Crippen LogP contribution >= 0.6 is 23.2 Å². The molecule has 0 bridgehead atoms. The van der Waals surface area contributed by atoms with Gasteiger partial charge in [0, 0.05) is 53.6 Å². The van der Waals surface area contributed by atoms with Crippen molar-refractivity contribution in [3.63, 3.8) is 0 Å². The molecule has 5 rings (SSSR count). The fraction of sp³-hybridized carbons (Fsp3) is 0.129. The van der Waals surface area contributed by atoms with Gasteiger partial charge in [-0.2, -0.15) is 0 Å². The smallest absolute Gasteiger partial charge is 0.269 e. The molecule has 4 aromatic carbocycles. The number of nitro benzene ring substituents is 1. The van der Waals surface area contributed by atoms with Crippen LogP contribution in [0, 0.1) is 10.1 Å². The third kappa shape index (κ3) is 5.49. The molecule has 0 aliphatic carbocycles. The van der Waals surface area contributed by atoms with Crippen molar-refractivity contribution in [3.05, 3.63) is 112 Å². The Labute approximate surface area is 231 Å². The van der Waals surface area contributed by atoms with Crippen LogP contribution < -0.4 is 4.90 Å². The monoisotopic (exact) mass is 541 g/mol. The van der Waals surface area contributed by atoms with E-state index >= 15 is 0 Å². The molecule has 0 saturated carbocycles. The van der Waals surface area contributed by atoms with Crippen LogP contribution in [0.4, 0.5) is 11.4 Å². The summed E-state index contributed by atoms with van der Waals surface area (Å²) in [5.74, 6) is 1.08. The van der Waals surface area contributed by atoms with Gasteiger partial charge in [-0.05, 0) is 58.3 Å². The van der Waals surface area contributed by atoms with Crippen LogP contribution in [0.25, 0.3) is 45.1 Å². The number of nitro groups is 1. The van der Waals surface area contributed by atoms with Crippen LogP contribution in [-0.4, -0.2) is 34.8 Å². The zero-order chi connectivity index (χ0) is 26.5. The average molecular weight is 542 g/mol. The fourth-order valence-corrected chi connectivity index (χ4v) is 5.04. The van der Waals surface area contributed by atoms with Gasteiger partial charge in [-0.1, -0.05) is 54.6 Å². The summed E-state index contributed by atoms with van der Waals surface area (Å²) in [5, 5.41) is 14.4. The molecule has 5 aromatic rings. The van der Waals surface area contributed by atoms with Crippen LogP contribution in [0.5, 0.6) is 0 Å². The van der Waals surface area contributed by atoms with Gasteiger partial charge >= 0.3 is 0 Å². The highest BCUT2D eigenvalue weighted by molar-refractivity contribution is 6.18. The molecule has 5 nitrogen and oxygen atoms in total. The highest BCUT2D eigenvalue weighted by Crippen LogP contribution is 2.32. The quantitative estimate of drug-likeness (QED) is 0.0812. The van der Waals surface area contributed by atoms with Crippen molar-refractivity contribution in [2.75, 3.05) is 29.7 Å². The molecular weight excluding hydrogens is 517 g/mol. The summed E-state index contributed by atoms with van der Waals surface area (Å²) in [5.41, 5.74) is 5.68. The summed E-state index contributed by atoms with van der Waals surface area (Å²) in [6.45, 7) is 1.48. The van der Waals surface area contributed by atoms with E-state index in [1.165, 1.54) is 12.1 Å². The Balaban J connectivity index is 1.57. The van der Waals surface area contributed by atoms with Gasteiger partial charge in [-0.25, -0.2) is 4.98 Å². The van der Waals surface area contributed by atoms with Gasteiger partial charge in [-0.3, -0.25) is 10.1 Å². The van der Waals surface area contributed by atoms with Crippen molar-refractivity contribution < 1.29 is 4.92 Å². The van der Waals surface area contributed by atoms with Gasteiger partial charge in [0.1, 0.15) is 0 Å². The van der Waals surface area contributed by atoms with Crippen molar-refractivity contribution in [2.45, 2.75) is 0 Å². The van der Waals surface area contributed by atoms with E-state index in [9.17, 15) is 10.1 Å². The minimum atomic E-state index is -0.395. The first kappa shape index (κ1) is 25.7. The first-order valence-corrected chi connectivity index (χ1v) is 13.4. The molecular formula is C31H25Cl2N3O2. The maximum Gasteiger partial charge on any atom is 0.269 e. The Kier molecular flexibility index (Phi) is 7.87. The first-order chi connectivity index (χ1) is 18.6. The highest BCUT2D eigenvalue weighted by atomic mass is 35.5. The molecule has 0 spiro atoms. The van der Waals surface area contributed by atoms with Crippen LogP contribution in [-0.2, 0) is 0 Å². The normalized spacial score (nSPS) is 11.4. The Morgan fingerprint density at radius 3 is 2.24 bits per heavy atom. The zero-order valence-corrected chi connectivity index (χ0v) is 22.1. The van der Waals surface area contributed by atoms with E-state index in [4.69, 9.17) is 28.2 Å². The zero-order valence-electron chi connectivity index (χ0n) is 20.6. The molecule has 0 radical (unpaired) electrons. The predicted molar refractivity (Wildman–Crippen MR) is 160 cm³/mol. The van der Waals surface area contributed by atoms with Crippen LogP contribution in [0.15, 0.2) is 91.0 Å². The standard InChI is InChI=1S/C31H25Cl2N3O2/c32-17-19-35(20-18-33)26-12-6-22(7-13-26)5-8-25-21-30(24-9-14-27(15-10-24)36(37)38)34-29-16-11-23-3-1-2-4-28(23)31(25)29/h1-16,21H,17-20H2/b8-5-. The molecule has 1 heterocycles. The van der Waals surface area contributed by atoms with Gasteiger partial charge in [0.25, 0.3) is 5.69 Å². The number of non-ortho nitro benzene ring substituents is 1. The average Bonchev–Trinajstić information content (AvgIpc) is 2.95. The number of hydrogen-bond donors (Lipinski definition) is 0. The van der Waals surface area contributed by atoms with E-state index in [-0.39, 0.29) is 5.69 Å². The molecule has 7 heteroatoms. The number of fused-ring (bicyclic) bond motifs is 3. The summed E-state index contributed by atoms with van der Waals surface area (Å²) in [6.07, 6.45) is 4.20. The lowest BCUT2D eigenvalue weighted by Crippen LogP contribution is -2.27. The number of rotatable bonds is 9. The summed E-state index contributed by atoms with van der Waals surface area (Å²) >= 11 is 11.9. The number of alkyl halides is 2. The largest absolute Gasteiger partial charge is 0.369 e. The summed E-state index contributed by atoms with van der Waals surface area (Å²) in [6, 6.07) is 29.3. The summed E-state index contributed by atoms with van der Waals surface area (Å²) < 4.78 is 0. The summed E-state index contributed by atoms with van der Waals surface area (Å²) in [7, 11) is 0. The fourth-order valence-electron chi connectivity index (χ4n) is 4.63. The number of hydrogen-bond acceptors (Lipinski definition) is 4. The first-order valence-electron chi connectivity index (χ1n) is 12.3. The topological polar surface area (TPSA) is 59.3 Å². The molecule has 0 unspecified atom stereocenters. The maximum absolute atomic E-state index is 11.1. The SMILES string of the molecule is O=[N+]([O-])c1ccc(-c2cc(/C=C\c3ccc(N(CCCl)CCCl)cc3)c3c(ccc4ccccc43)n2)cc1.